The molecule has 0 bridgehead atoms. The van der Waals surface area contributed by atoms with Gasteiger partial charge < -0.3 is 0 Å². The minimum atomic E-state index is -4.65. The van der Waals surface area contributed by atoms with Gasteiger partial charge in [-0.05, 0) is 62.2 Å². The fourth-order valence-corrected chi connectivity index (χ4v) is 3.30. The van der Waals surface area contributed by atoms with Crippen molar-refractivity contribution in [3.63, 3.8) is 0 Å². The third-order valence-electron chi connectivity index (χ3n) is 4.41. The molecule has 0 spiro atoms. The molecule has 3 aromatic rings. The van der Waals surface area contributed by atoms with Crippen LogP contribution in [0.3, 0.4) is 0 Å². The van der Waals surface area contributed by atoms with E-state index in [9.17, 15) is 21.8 Å². The first kappa shape index (κ1) is 19.9. The number of halogens is 4. The lowest BCUT2D eigenvalue weighted by Gasteiger charge is -2.13. The molecule has 0 aliphatic rings. The second kappa shape index (κ2) is 7.31. The largest absolute Gasteiger partial charge is 0.435 e. The topological polar surface area (TPSA) is 47.2 Å². The molecule has 0 unspecified atom stereocenters. The molecule has 0 atom stereocenters. The summed E-state index contributed by atoms with van der Waals surface area (Å²) in [6.07, 6.45) is -4.65. The van der Waals surface area contributed by atoms with Crippen molar-refractivity contribution in [3.8, 4) is 16.9 Å². The van der Waals surface area contributed by atoms with E-state index < -0.39 is 17.7 Å². The summed E-state index contributed by atoms with van der Waals surface area (Å²) < 4.78 is 69.5. The van der Waals surface area contributed by atoms with Gasteiger partial charge in [-0.15, -0.1) is 0 Å². The second-order valence-electron chi connectivity index (χ2n) is 6.33. The third kappa shape index (κ3) is 3.62. The Hall–Kier alpha value is -2.81. The van der Waals surface area contributed by atoms with Crippen molar-refractivity contribution in [1.29, 1.82) is 0 Å². The van der Waals surface area contributed by atoms with Crippen LogP contribution in [-0.4, -0.2) is 14.0 Å². The monoisotopic (exact) mass is 409 g/mol. The number of nitrogens with zero attached hydrogens (tertiary/aromatic N) is 3. The predicted molar refractivity (Wildman–Crippen MR) is 98.4 cm³/mol. The number of aryl methyl sites for hydroxylation is 2. The van der Waals surface area contributed by atoms with Crippen LogP contribution in [0.4, 0.5) is 23.2 Å². The van der Waals surface area contributed by atoms with Crippen molar-refractivity contribution < 1.29 is 21.8 Å². The molecule has 0 N–H and O–H groups in total. The minimum absolute atomic E-state index is 0.0242. The molecule has 0 saturated heterocycles. The smallest absolute Gasteiger partial charge is 0.232 e. The van der Waals surface area contributed by atoms with E-state index in [4.69, 9.17) is 0 Å². The summed E-state index contributed by atoms with van der Waals surface area (Å²) in [5, 5.41) is 3.74. The van der Waals surface area contributed by atoms with Crippen molar-refractivity contribution in [3.05, 3.63) is 64.6 Å². The molecule has 1 heterocycles. The first-order chi connectivity index (χ1) is 13.1. The molecular formula is C19H15F4N3OS. The first-order valence-corrected chi connectivity index (χ1v) is 8.87. The summed E-state index contributed by atoms with van der Waals surface area (Å²) in [6.45, 7) is 4.94. The average Bonchev–Trinajstić information content (AvgIpc) is 3.06. The van der Waals surface area contributed by atoms with Gasteiger partial charge in [-0.3, -0.25) is 0 Å². The second-order valence-corrected chi connectivity index (χ2v) is 6.66. The molecule has 3 rings (SSSR count). The van der Waals surface area contributed by atoms with Gasteiger partial charge in [0.2, 0.25) is 11.5 Å². The highest BCUT2D eigenvalue weighted by molar-refractivity contribution is 7.54. The Morgan fingerprint density at radius 1 is 1.04 bits per heavy atom. The lowest BCUT2D eigenvalue weighted by atomic mass is 10.1. The van der Waals surface area contributed by atoms with Crippen LogP contribution in [-0.2, 0) is 17.6 Å². The van der Waals surface area contributed by atoms with Crippen molar-refractivity contribution in [1.82, 2.24) is 9.78 Å². The fraction of sp³-hybridized carbons (Fsp3) is 0.211. The number of hydrogen-bond acceptors (Lipinski definition) is 3. The fourth-order valence-electron chi connectivity index (χ4n) is 2.95. The van der Waals surface area contributed by atoms with Crippen LogP contribution in [0.25, 0.3) is 16.9 Å². The van der Waals surface area contributed by atoms with Crippen LogP contribution in [0.2, 0.25) is 0 Å². The molecule has 28 heavy (non-hydrogen) atoms. The van der Waals surface area contributed by atoms with E-state index in [1.807, 2.05) is 0 Å². The van der Waals surface area contributed by atoms with E-state index in [2.05, 4.69) is 9.46 Å². The number of hydrogen-bond donors (Lipinski definition) is 0. The first-order valence-electron chi connectivity index (χ1n) is 8.18. The van der Waals surface area contributed by atoms with Crippen molar-refractivity contribution >= 4 is 17.2 Å². The van der Waals surface area contributed by atoms with Gasteiger partial charge in [0, 0.05) is 11.1 Å². The molecule has 0 aliphatic carbocycles. The van der Waals surface area contributed by atoms with E-state index in [0.717, 1.165) is 10.7 Å². The minimum Gasteiger partial charge on any atom is -0.232 e. The van der Waals surface area contributed by atoms with Crippen LogP contribution in [0.15, 0.2) is 40.8 Å². The van der Waals surface area contributed by atoms with Gasteiger partial charge >= 0.3 is 6.18 Å². The zero-order valence-electron chi connectivity index (χ0n) is 15.1. The highest BCUT2D eigenvalue weighted by Crippen LogP contribution is 2.36. The summed E-state index contributed by atoms with van der Waals surface area (Å²) in [5.74, 6) is -0.453. The van der Waals surface area contributed by atoms with Crippen LogP contribution in [0.5, 0.6) is 0 Å². The van der Waals surface area contributed by atoms with Gasteiger partial charge in [-0.2, -0.15) is 26.8 Å². The van der Waals surface area contributed by atoms with Crippen LogP contribution in [0.1, 0.15) is 22.4 Å². The Morgan fingerprint density at radius 2 is 1.75 bits per heavy atom. The number of rotatable bonds is 3. The van der Waals surface area contributed by atoms with Gasteiger partial charge in [0.25, 0.3) is 0 Å². The Kier molecular flexibility index (Phi) is 5.20. The van der Waals surface area contributed by atoms with Crippen LogP contribution < -0.4 is 0 Å². The molecule has 0 fully saturated rings. The number of alkyl halides is 3. The summed E-state index contributed by atoms with van der Waals surface area (Å²) in [5.41, 5.74) is 1.75. The highest BCUT2D eigenvalue weighted by Gasteiger charge is 2.35. The van der Waals surface area contributed by atoms with Crippen LogP contribution >= 0.6 is 0 Å². The Balaban J connectivity index is 2.32. The molecule has 146 valence electrons. The highest BCUT2D eigenvalue weighted by atomic mass is 32.1. The molecule has 0 radical (unpaired) electrons. The van der Waals surface area contributed by atoms with Crippen molar-refractivity contribution in [2.45, 2.75) is 26.9 Å². The average molecular weight is 409 g/mol. The predicted octanol–water partition coefficient (Wildman–Crippen LogP) is 5.65. The van der Waals surface area contributed by atoms with E-state index >= 15 is 0 Å². The molecule has 9 heteroatoms. The third-order valence-corrected chi connectivity index (χ3v) is 4.67. The summed E-state index contributed by atoms with van der Waals surface area (Å²) in [4.78, 5) is 0. The van der Waals surface area contributed by atoms with Gasteiger partial charge in [0.1, 0.15) is 5.82 Å². The van der Waals surface area contributed by atoms with Crippen molar-refractivity contribution in [2.24, 2.45) is 4.36 Å². The Morgan fingerprint density at radius 3 is 2.36 bits per heavy atom. The van der Waals surface area contributed by atoms with Crippen molar-refractivity contribution in [2.75, 3.05) is 0 Å². The SMILES string of the molecule is Cc1cc(-c2cc(C(F)(F)F)nn2-c2ccc(C)c(N=S=O)c2C)ccc1F. The maximum absolute atomic E-state index is 13.6. The van der Waals surface area contributed by atoms with Gasteiger partial charge in [0.15, 0.2) is 5.69 Å². The maximum atomic E-state index is 13.6. The summed E-state index contributed by atoms with van der Waals surface area (Å²) >= 11 is 0.0242. The normalized spacial score (nSPS) is 11.5. The van der Waals surface area contributed by atoms with Gasteiger partial charge in [-0.25, -0.2) is 9.07 Å². The van der Waals surface area contributed by atoms with Gasteiger partial charge in [-0.1, -0.05) is 6.07 Å². The summed E-state index contributed by atoms with van der Waals surface area (Å²) in [6, 6.07) is 8.26. The Bertz CT molecular complexity index is 1120. The lowest BCUT2D eigenvalue weighted by Crippen LogP contribution is -2.08. The summed E-state index contributed by atoms with van der Waals surface area (Å²) in [7, 11) is 0. The van der Waals surface area contributed by atoms with E-state index in [0.29, 0.717) is 33.6 Å². The van der Waals surface area contributed by atoms with Crippen LogP contribution in [0, 0.1) is 26.6 Å². The van der Waals surface area contributed by atoms with E-state index in [-0.39, 0.29) is 17.2 Å². The molecule has 4 nitrogen and oxygen atoms in total. The quantitative estimate of drug-likeness (QED) is 0.525. The molecule has 2 aromatic carbocycles. The number of aromatic nitrogens is 2. The number of benzene rings is 2. The molecule has 0 saturated carbocycles. The molecular weight excluding hydrogens is 394 g/mol. The lowest BCUT2D eigenvalue weighted by molar-refractivity contribution is -0.141. The molecule has 1 aromatic heterocycles. The standard InChI is InChI=1S/C19H15F4N3OS/c1-10-4-7-15(12(3)18(10)25-28-27)26-16(9-17(24-26)19(21,22)23)13-5-6-14(20)11(2)8-13/h4-9H,1-3H3. The van der Waals surface area contributed by atoms with E-state index in [1.54, 1.807) is 26.0 Å². The Labute approximate surface area is 162 Å². The molecule has 0 amide bonds. The molecule has 0 aliphatic heterocycles. The van der Waals surface area contributed by atoms with Gasteiger partial charge in [0.05, 0.1) is 17.1 Å². The zero-order valence-corrected chi connectivity index (χ0v) is 16.0. The van der Waals surface area contributed by atoms with E-state index in [1.165, 1.54) is 25.1 Å². The zero-order chi connectivity index (χ0) is 20.6. The maximum Gasteiger partial charge on any atom is 0.435 e.